The summed E-state index contributed by atoms with van der Waals surface area (Å²) in [7, 11) is 0. The lowest BCUT2D eigenvalue weighted by atomic mass is 10.1. The van der Waals surface area contributed by atoms with E-state index in [1.807, 2.05) is 0 Å². The standard InChI is InChI=1S/C69H108O6/c1-4-7-10-13-16-19-22-25-28-31-34-37-40-43-46-49-52-55-58-61-67(70)73-64-66(75-69(72)63-60-57-54-51-48-45-42-39-36-33-30-27-24-21-18-15-12-9-6-3)65-74-68(71)62-59-56-53-50-47-44-41-38-35-32-29-26-23-20-17-14-11-8-5-2/h9,12,16-21,25-30,34-39,43-48,66H,4-8,10-11,13-15,22-24,31-33,40-42,49-65H2,1-3H3/b12-9-,19-16-,20-17-,21-18-,28-25-,29-26-,30-27-,37-34-,38-35-,39-36-,46-43-,47-44-,48-45-. The number of carbonyl (C=O) groups excluding carboxylic acids is 3. The molecule has 0 atom stereocenters. The van der Waals surface area contributed by atoms with E-state index in [2.05, 4.69) is 179 Å². The van der Waals surface area contributed by atoms with Gasteiger partial charge in [0.25, 0.3) is 0 Å². The predicted molar refractivity (Wildman–Crippen MR) is 325 cm³/mol. The Labute approximate surface area is 460 Å². The van der Waals surface area contributed by atoms with E-state index in [4.69, 9.17) is 14.2 Å². The normalized spacial score (nSPS) is 12.9. The maximum atomic E-state index is 12.9. The molecule has 0 aromatic heterocycles. The molecule has 0 spiro atoms. The average Bonchev–Trinajstić information content (AvgIpc) is 3.41. The zero-order valence-corrected chi connectivity index (χ0v) is 48.0. The number of ether oxygens (including phenoxy) is 3. The van der Waals surface area contributed by atoms with Gasteiger partial charge in [0.1, 0.15) is 13.2 Å². The van der Waals surface area contributed by atoms with Crippen LogP contribution < -0.4 is 0 Å². The molecule has 0 bridgehead atoms. The van der Waals surface area contributed by atoms with Gasteiger partial charge in [-0.1, -0.05) is 224 Å². The van der Waals surface area contributed by atoms with Crippen LogP contribution in [0.1, 0.15) is 239 Å². The molecule has 0 aromatic carbocycles. The van der Waals surface area contributed by atoms with Crippen molar-refractivity contribution in [1.82, 2.24) is 0 Å². The fourth-order valence-electron chi connectivity index (χ4n) is 7.49. The van der Waals surface area contributed by atoms with Crippen molar-refractivity contribution in [2.75, 3.05) is 13.2 Å². The van der Waals surface area contributed by atoms with Crippen molar-refractivity contribution in [3.63, 3.8) is 0 Å². The number of hydrogen-bond donors (Lipinski definition) is 0. The molecule has 0 aliphatic heterocycles. The number of hydrogen-bond acceptors (Lipinski definition) is 6. The summed E-state index contributed by atoms with van der Waals surface area (Å²) in [6, 6.07) is 0. The summed E-state index contributed by atoms with van der Waals surface area (Å²) in [5.41, 5.74) is 0. The monoisotopic (exact) mass is 1030 g/mol. The minimum Gasteiger partial charge on any atom is -0.462 e. The molecule has 0 heterocycles. The lowest BCUT2D eigenvalue weighted by molar-refractivity contribution is -0.167. The van der Waals surface area contributed by atoms with Crippen molar-refractivity contribution in [2.24, 2.45) is 0 Å². The molecule has 0 unspecified atom stereocenters. The van der Waals surface area contributed by atoms with Gasteiger partial charge in [-0.25, -0.2) is 0 Å². The van der Waals surface area contributed by atoms with Crippen LogP contribution in [-0.2, 0) is 28.6 Å². The molecule has 0 N–H and O–H groups in total. The first-order chi connectivity index (χ1) is 37.0. The van der Waals surface area contributed by atoms with Crippen LogP contribution in [0.5, 0.6) is 0 Å². The number of carbonyl (C=O) groups is 3. The van der Waals surface area contributed by atoms with E-state index in [0.29, 0.717) is 19.3 Å². The topological polar surface area (TPSA) is 78.9 Å². The van der Waals surface area contributed by atoms with Gasteiger partial charge in [0.15, 0.2) is 6.10 Å². The smallest absolute Gasteiger partial charge is 0.306 e. The molecule has 6 nitrogen and oxygen atoms in total. The summed E-state index contributed by atoms with van der Waals surface area (Å²) in [4.78, 5) is 38.3. The van der Waals surface area contributed by atoms with Crippen LogP contribution in [0.15, 0.2) is 158 Å². The Morgan fingerprint density at radius 1 is 0.280 bits per heavy atom. The van der Waals surface area contributed by atoms with E-state index in [1.165, 1.54) is 51.4 Å². The largest absolute Gasteiger partial charge is 0.462 e. The van der Waals surface area contributed by atoms with Crippen molar-refractivity contribution in [3.05, 3.63) is 158 Å². The highest BCUT2D eigenvalue weighted by Crippen LogP contribution is 2.12. The fourth-order valence-corrected chi connectivity index (χ4v) is 7.49. The van der Waals surface area contributed by atoms with Crippen LogP contribution in [0.3, 0.4) is 0 Å². The van der Waals surface area contributed by atoms with Gasteiger partial charge >= 0.3 is 17.9 Å². The molecule has 0 amide bonds. The third-order valence-corrected chi connectivity index (χ3v) is 12.0. The van der Waals surface area contributed by atoms with Gasteiger partial charge in [-0.15, -0.1) is 0 Å². The highest BCUT2D eigenvalue weighted by molar-refractivity contribution is 5.71. The Balaban J connectivity index is 4.61. The van der Waals surface area contributed by atoms with E-state index in [0.717, 1.165) is 141 Å². The first-order valence-electron chi connectivity index (χ1n) is 30.0. The minimum absolute atomic E-state index is 0.126. The molecule has 0 aliphatic rings. The second kappa shape index (κ2) is 61.6. The Hall–Kier alpha value is -4.97. The van der Waals surface area contributed by atoms with E-state index in [9.17, 15) is 14.4 Å². The summed E-state index contributed by atoms with van der Waals surface area (Å²) in [5.74, 6) is -1.02. The number of esters is 3. The third-order valence-electron chi connectivity index (χ3n) is 12.0. The van der Waals surface area contributed by atoms with Crippen LogP contribution in [0.2, 0.25) is 0 Å². The van der Waals surface area contributed by atoms with Gasteiger partial charge in [-0.05, 0) is 154 Å². The molecule has 0 aromatic rings. The van der Waals surface area contributed by atoms with Crippen molar-refractivity contribution in [3.8, 4) is 0 Å². The number of unbranched alkanes of at least 4 members (excludes halogenated alkanes) is 15. The third kappa shape index (κ3) is 59.8. The number of rotatable bonds is 52. The van der Waals surface area contributed by atoms with E-state index in [1.54, 1.807) is 0 Å². The van der Waals surface area contributed by atoms with Crippen LogP contribution in [0.25, 0.3) is 0 Å². The first kappa shape index (κ1) is 70.0. The van der Waals surface area contributed by atoms with E-state index < -0.39 is 6.10 Å². The zero-order valence-electron chi connectivity index (χ0n) is 48.0. The van der Waals surface area contributed by atoms with Crippen molar-refractivity contribution >= 4 is 17.9 Å². The molecule has 0 aliphatic carbocycles. The van der Waals surface area contributed by atoms with E-state index in [-0.39, 0.29) is 37.5 Å². The van der Waals surface area contributed by atoms with E-state index >= 15 is 0 Å². The van der Waals surface area contributed by atoms with Crippen molar-refractivity contribution < 1.29 is 28.6 Å². The molecule has 0 rings (SSSR count). The lowest BCUT2D eigenvalue weighted by Gasteiger charge is -2.18. The maximum Gasteiger partial charge on any atom is 0.306 e. The maximum absolute atomic E-state index is 12.9. The zero-order chi connectivity index (χ0) is 54.3. The SMILES string of the molecule is CC/C=C\C/C=C\C/C=C\C/C=C\C/C=C\CCCCCC(=O)OC(COC(=O)CCCCC/C=C\C/C=C\C/C=C\C/C=C\CCCCC)COC(=O)CCCCC/C=C\C/C=C\C/C=C\C/C=C\CCCCC. The second-order valence-corrected chi connectivity index (χ2v) is 19.2. The van der Waals surface area contributed by atoms with Gasteiger partial charge in [-0.3, -0.25) is 14.4 Å². The Kier molecular flexibility index (Phi) is 57.5. The Bertz CT molecular complexity index is 1630. The van der Waals surface area contributed by atoms with Crippen LogP contribution >= 0.6 is 0 Å². The summed E-state index contributed by atoms with van der Waals surface area (Å²) in [6.45, 7) is 6.37. The van der Waals surface area contributed by atoms with Gasteiger partial charge in [0, 0.05) is 19.3 Å². The average molecular weight is 1030 g/mol. The first-order valence-corrected chi connectivity index (χ1v) is 30.0. The highest BCUT2D eigenvalue weighted by atomic mass is 16.6. The summed E-state index contributed by atoms with van der Waals surface area (Å²) in [6.07, 6.45) is 89.4. The molecule has 6 heteroatoms. The molecule has 0 radical (unpaired) electrons. The highest BCUT2D eigenvalue weighted by Gasteiger charge is 2.19. The second-order valence-electron chi connectivity index (χ2n) is 19.2. The van der Waals surface area contributed by atoms with Crippen molar-refractivity contribution in [2.45, 2.75) is 245 Å². The lowest BCUT2D eigenvalue weighted by Crippen LogP contribution is -2.30. The fraction of sp³-hybridized carbons (Fsp3) is 0.580. The molecule has 0 saturated heterocycles. The van der Waals surface area contributed by atoms with Gasteiger partial charge < -0.3 is 14.2 Å². The quantitative estimate of drug-likeness (QED) is 0.0261. The predicted octanol–water partition coefficient (Wildman–Crippen LogP) is 20.5. The molecule has 420 valence electrons. The number of allylic oxidation sites excluding steroid dienone is 26. The minimum atomic E-state index is -0.832. The summed E-state index contributed by atoms with van der Waals surface area (Å²) >= 11 is 0. The van der Waals surface area contributed by atoms with Crippen LogP contribution in [-0.4, -0.2) is 37.2 Å². The van der Waals surface area contributed by atoms with Crippen LogP contribution in [0, 0.1) is 0 Å². The molecular formula is C69H108O6. The summed E-state index contributed by atoms with van der Waals surface area (Å²) in [5, 5.41) is 0. The van der Waals surface area contributed by atoms with Crippen molar-refractivity contribution in [1.29, 1.82) is 0 Å². The Morgan fingerprint density at radius 2 is 0.520 bits per heavy atom. The summed E-state index contributed by atoms with van der Waals surface area (Å²) < 4.78 is 16.8. The van der Waals surface area contributed by atoms with Crippen LogP contribution in [0.4, 0.5) is 0 Å². The van der Waals surface area contributed by atoms with Gasteiger partial charge in [0.2, 0.25) is 0 Å². The van der Waals surface area contributed by atoms with Gasteiger partial charge in [0.05, 0.1) is 0 Å². The Morgan fingerprint density at radius 3 is 0.787 bits per heavy atom. The van der Waals surface area contributed by atoms with Gasteiger partial charge in [-0.2, -0.15) is 0 Å². The molecular weight excluding hydrogens is 925 g/mol. The molecule has 75 heavy (non-hydrogen) atoms. The molecule has 0 fully saturated rings. The molecule has 0 saturated carbocycles.